The minimum atomic E-state index is -2.36. The molecule has 0 heterocycles. The summed E-state index contributed by atoms with van der Waals surface area (Å²) < 4.78 is 29.3. The molecule has 0 aromatic heterocycles. The van der Waals surface area contributed by atoms with Gasteiger partial charge in [-0.05, 0) is 24.8 Å². The van der Waals surface area contributed by atoms with Crippen LogP contribution in [0.3, 0.4) is 0 Å². The number of ether oxygens (including phenoxy) is 1. The quantitative estimate of drug-likeness (QED) is 0.770. The minimum absolute atomic E-state index is 0.0612. The van der Waals surface area contributed by atoms with E-state index in [9.17, 15) is 8.78 Å². The number of rotatable bonds is 5. The maximum Gasteiger partial charge on any atom is 0.261 e. The van der Waals surface area contributed by atoms with Gasteiger partial charge >= 0.3 is 0 Å². The molecule has 2 atom stereocenters. The van der Waals surface area contributed by atoms with Gasteiger partial charge in [-0.2, -0.15) is 0 Å². The molecule has 1 saturated carbocycles. The predicted octanol–water partition coefficient (Wildman–Crippen LogP) is 2.43. The Morgan fingerprint density at radius 1 is 1.47 bits per heavy atom. The molecule has 0 aromatic rings. The molecule has 0 radical (unpaired) electrons. The van der Waals surface area contributed by atoms with Crippen LogP contribution in [0.15, 0.2) is 0 Å². The van der Waals surface area contributed by atoms with Gasteiger partial charge in [0.15, 0.2) is 0 Å². The summed E-state index contributed by atoms with van der Waals surface area (Å²) in [5.74, 6) is 0. The molecule has 0 aromatic carbocycles. The number of hydrogen-bond donors (Lipinski definition) is 1. The van der Waals surface area contributed by atoms with Gasteiger partial charge in [0.05, 0.1) is 6.10 Å². The van der Waals surface area contributed by atoms with Crippen molar-refractivity contribution in [3.63, 3.8) is 0 Å². The molecule has 90 valence electrons. The molecule has 2 unspecified atom stereocenters. The third-order valence-corrected chi connectivity index (χ3v) is 3.15. The van der Waals surface area contributed by atoms with Gasteiger partial charge in [0.25, 0.3) is 6.43 Å². The topological polar surface area (TPSA) is 21.3 Å². The van der Waals surface area contributed by atoms with Crippen molar-refractivity contribution < 1.29 is 13.5 Å². The molecule has 0 spiro atoms. The molecule has 1 aliphatic rings. The smallest absolute Gasteiger partial charge is 0.261 e. The van der Waals surface area contributed by atoms with Gasteiger partial charge in [-0.3, -0.25) is 0 Å². The van der Waals surface area contributed by atoms with Gasteiger partial charge in [0, 0.05) is 6.04 Å². The summed E-state index contributed by atoms with van der Waals surface area (Å²) in [5.41, 5.74) is 0.142. The van der Waals surface area contributed by atoms with Gasteiger partial charge in [-0.25, -0.2) is 8.78 Å². The molecule has 1 aliphatic carbocycles. The van der Waals surface area contributed by atoms with Crippen molar-refractivity contribution in [2.45, 2.75) is 52.2 Å². The Morgan fingerprint density at radius 3 is 2.67 bits per heavy atom. The average molecular weight is 221 g/mol. The van der Waals surface area contributed by atoms with E-state index >= 15 is 0 Å². The van der Waals surface area contributed by atoms with Gasteiger partial charge in [-0.1, -0.05) is 20.8 Å². The molecule has 1 fully saturated rings. The lowest BCUT2D eigenvalue weighted by Crippen LogP contribution is -2.45. The van der Waals surface area contributed by atoms with Crippen molar-refractivity contribution in [3.05, 3.63) is 0 Å². The van der Waals surface area contributed by atoms with E-state index in [-0.39, 0.29) is 17.6 Å². The Hall–Kier alpha value is -0.220. The zero-order chi connectivity index (χ0) is 11.5. The Bertz CT molecular complexity index is 197. The minimum Gasteiger partial charge on any atom is -0.371 e. The first-order chi connectivity index (χ1) is 6.97. The van der Waals surface area contributed by atoms with Crippen molar-refractivity contribution >= 4 is 0 Å². The molecular weight excluding hydrogens is 200 g/mol. The van der Waals surface area contributed by atoms with Gasteiger partial charge in [0.1, 0.15) is 6.61 Å². The third-order valence-electron chi connectivity index (χ3n) is 3.15. The summed E-state index contributed by atoms with van der Waals surface area (Å²) >= 11 is 0. The number of alkyl halides is 2. The van der Waals surface area contributed by atoms with E-state index in [1.807, 2.05) is 6.92 Å². The first kappa shape index (κ1) is 12.8. The zero-order valence-corrected chi connectivity index (χ0v) is 9.72. The van der Waals surface area contributed by atoms with E-state index in [0.29, 0.717) is 0 Å². The Kier molecular flexibility index (Phi) is 4.46. The largest absolute Gasteiger partial charge is 0.371 e. The first-order valence-electron chi connectivity index (χ1n) is 5.60. The van der Waals surface area contributed by atoms with Crippen LogP contribution in [0, 0.1) is 5.41 Å². The van der Waals surface area contributed by atoms with Crippen LogP contribution in [0.4, 0.5) is 8.78 Å². The van der Waals surface area contributed by atoms with Crippen LogP contribution in [0.1, 0.15) is 33.6 Å². The second kappa shape index (κ2) is 5.21. The molecule has 4 heteroatoms. The van der Waals surface area contributed by atoms with Gasteiger partial charge in [0.2, 0.25) is 0 Å². The number of likely N-dealkylation sites (N-methyl/N-ethyl adjacent to an activating group) is 1. The Labute approximate surface area is 90.4 Å². The van der Waals surface area contributed by atoms with Crippen molar-refractivity contribution in [1.82, 2.24) is 5.32 Å². The van der Waals surface area contributed by atoms with E-state index in [1.54, 1.807) is 0 Å². The van der Waals surface area contributed by atoms with Crippen LogP contribution >= 0.6 is 0 Å². The van der Waals surface area contributed by atoms with E-state index in [0.717, 1.165) is 19.4 Å². The number of nitrogens with one attached hydrogen (secondary N) is 1. The fraction of sp³-hybridized carbons (Fsp3) is 1.00. The summed E-state index contributed by atoms with van der Waals surface area (Å²) in [4.78, 5) is 0. The van der Waals surface area contributed by atoms with Crippen LogP contribution in [0.25, 0.3) is 0 Å². The van der Waals surface area contributed by atoms with Crippen molar-refractivity contribution in [1.29, 1.82) is 0 Å². The highest BCUT2D eigenvalue weighted by molar-refractivity contribution is 4.97. The van der Waals surface area contributed by atoms with Crippen LogP contribution in [0.2, 0.25) is 0 Å². The lowest BCUT2D eigenvalue weighted by Gasteiger charge is -2.31. The Balaban J connectivity index is 2.49. The van der Waals surface area contributed by atoms with Crippen molar-refractivity contribution in [2.75, 3.05) is 13.2 Å². The molecule has 0 bridgehead atoms. The van der Waals surface area contributed by atoms with E-state index < -0.39 is 13.0 Å². The fourth-order valence-electron chi connectivity index (χ4n) is 2.34. The SMILES string of the molecule is CCNC1C(OCC(F)F)CCC1(C)C. The number of halogens is 2. The molecule has 0 saturated heterocycles. The second-order valence-corrected chi connectivity index (χ2v) is 4.83. The second-order valence-electron chi connectivity index (χ2n) is 4.83. The van der Waals surface area contributed by atoms with Gasteiger partial charge < -0.3 is 10.1 Å². The molecule has 1 rings (SSSR count). The maximum atomic E-state index is 12.0. The molecule has 15 heavy (non-hydrogen) atoms. The van der Waals surface area contributed by atoms with Crippen molar-refractivity contribution in [3.8, 4) is 0 Å². The lowest BCUT2D eigenvalue weighted by molar-refractivity contribution is -0.0362. The summed E-state index contributed by atoms with van der Waals surface area (Å²) in [6, 6.07) is 0.196. The van der Waals surface area contributed by atoms with Crippen molar-refractivity contribution in [2.24, 2.45) is 5.41 Å². The standard InChI is InChI=1S/C11H21F2NO/c1-4-14-10-8(15-7-9(12)13)5-6-11(10,2)3/h8-10,14H,4-7H2,1-3H3. The van der Waals surface area contributed by atoms with Crippen LogP contribution < -0.4 is 5.32 Å². The molecule has 2 nitrogen and oxygen atoms in total. The summed E-state index contributed by atoms with van der Waals surface area (Å²) in [5, 5.41) is 3.34. The number of hydrogen-bond acceptors (Lipinski definition) is 2. The summed E-state index contributed by atoms with van der Waals surface area (Å²) in [6.45, 7) is 6.75. The normalized spacial score (nSPS) is 30.0. The van der Waals surface area contributed by atoms with Crippen LogP contribution in [0.5, 0.6) is 0 Å². The lowest BCUT2D eigenvalue weighted by atomic mass is 9.87. The maximum absolute atomic E-state index is 12.0. The zero-order valence-electron chi connectivity index (χ0n) is 9.72. The van der Waals surface area contributed by atoms with E-state index in [1.165, 1.54) is 0 Å². The molecule has 0 aliphatic heterocycles. The van der Waals surface area contributed by atoms with E-state index in [2.05, 4.69) is 19.2 Å². The Morgan fingerprint density at radius 2 is 2.13 bits per heavy atom. The molecule has 0 amide bonds. The average Bonchev–Trinajstić information content (AvgIpc) is 2.41. The highest BCUT2D eigenvalue weighted by atomic mass is 19.3. The van der Waals surface area contributed by atoms with E-state index in [4.69, 9.17) is 4.74 Å². The van der Waals surface area contributed by atoms with Gasteiger partial charge in [-0.15, -0.1) is 0 Å². The first-order valence-corrected chi connectivity index (χ1v) is 5.60. The molecule has 1 N–H and O–H groups in total. The highest BCUT2D eigenvalue weighted by Crippen LogP contribution is 2.39. The third kappa shape index (κ3) is 3.38. The summed E-state index contributed by atoms with van der Waals surface area (Å²) in [6.07, 6.45) is -0.527. The summed E-state index contributed by atoms with van der Waals surface area (Å²) in [7, 11) is 0. The van der Waals surface area contributed by atoms with Crippen LogP contribution in [-0.2, 0) is 4.74 Å². The monoisotopic (exact) mass is 221 g/mol. The molecular formula is C11H21F2NO. The predicted molar refractivity (Wildman–Crippen MR) is 56.2 cm³/mol. The fourth-order valence-corrected chi connectivity index (χ4v) is 2.34. The van der Waals surface area contributed by atoms with Crippen LogP contribution in [-0.4, -0.2) is 31.7 Å². The highest BCUT2D eigenvalue weighted by Gasteiger charge is 2.42.